The number of morpholine rings is 1. The van der Waals surface area contributed by atoms with Crippen molar-refractivity contribution < 1.29 is 14.2 Å². The molecule has 0 saturated carbocycles. The molecule has 5 rings (SSSR count). The number of benzene rings is 1. The van der Waals surface area contributed by atoms with Gasteiger partial charge in [-0.1, -0.05) is 13.0 Å². The summed E-state index contributed by atoms with van der Waals surface area (Å²) in [6.45, 7) is 6.72. The zero-order chi connectivity index (χ0) is 23.5. The first-order chi connectivity index (χ1) is 16.7. The van der Waals surface area contributed by atoms with Crippen molar-refractivity contribution in [2.45, 2.75) is 32.2 Å². The average molecular weight is 465 g/mol. The van der Waals surface area contributed by atoms with Gasteiger partial charge in [-0.3, -0.25) is 0 Å². The smallest absolute Gasteiger partial charge is 0.151 e. The van der Waals surface area contributed by atoms with Crippen LogP contribution in [-0.2, 0) is 15.9 Å². The molecule has 3 aromatic rings. The van der Waals surface area contributed by atoms with Crippen molar-refractivity contribution in [3.63, 3.8) is 0 Å². The molecule has 0 amide bonds. The monoisotopic (exact) mass is 464 g/mol. The van der Waals surface area contributed by atoms with E-state index in [0.717, 1.165) is 98.4 Å². The minimum absolute atomic E-state index is 0.321. The quantitative estimate of drug-likeness (QED) is 0.568. The zero-order valence-corrected chi connectivity index (χ0v) is 19.8. The maximum absolute atomic E-state index is 6.25. The third kappa shape index (κ3) is 4.45. The van der Waals surface area contributed by atoms with Gasteiger partial charge in [0.05, 0.1) is 31.7 Å². The average Bonchev–Trinajstić information content (AvgIpc) is 2.89. The van der Waals surface area contributed by atoms with Crippen LogP contribution in [0, 0.1) is 0 Å². The molecular weight excluding hydrogens is 432 g/mol. The molecule has 1 aromatic carbocycles. The van der Waals surface area contributed by atoms with Gasteiger partial charge in [0, 0.05) is 44.1 Å². The highest BCUT2D eigenvalue weighted by atomic mass is 16.5. The summed E-state index contributed by atoms with van der Waals surface area (Å²) in [4.78, 5) is 16.7. The first kappa shape index (κ1) is 22.6. The van der Waals surface area contributed by atoms with E-state index in [-0.39, 0.29) is 0 Å². The zero-order valence-electron chi connectivity index (χ0n) is 19.8. The molecule has 0 unspecified atom stereocenters. The van der Waals surface area contributed by atoms with E-state index in [1.807, 2.05) is 6.07 Å². The fraction of sp³-hybridized carbons (Fsp3) is 0.480. The van der Waals surface area contributed by atoms with E-state index in [1.54, 1.807) is 13.3 Å². The fourth-order valence-corrected chi connectivity index (χ4v) is 4.61. The van der Waals surface area contributed by atoms with Gasteiger partial charge < -0.3 is 30.2 Å². The summed E-state index contributed by atoms with van der Waals surface area (Å²) >= 11 is 0. The highest BCUT2D eigenvalue weighted by Crippen LogP contribution is 2.37. The van der Waals surface area contributed by atoms with E-state index in [9.17, 15) is 0 Å². The van der Waals surface area contributed by atoms with Crippen LogP contribution >= 0.6 is 0 Å². The Morgan fingerprint density at radius 3 is 2.59 bits per heavy atom. The van der Waals surface area contributed by atoms with Crippen molar-refractivity contribution >= 4 is 28.4 Å². The maximum Gasteiger partial charge on any atom is 0.151 e. The Morgan fingerprint density at radius 1 is 1.09 bits per heavy atom. The Labute approximate surface area is 199 Å². The first-order valence-corrected chi connectivity index (χ1v) is 12.0. The molecule has 2 fully saturated rings. The molecule has 0 radical (unpaired) electrons. The van der Waals surface area contributed by atoms with Crippen LogP contribution in [0.4, 0.5) is 17.3 Å². The number of ether oxygens (including phenoxy) is 3. The molecule has 34 heavy (non-hydrogen) atoms. The number of nitrogens with two attached hydrogens (primary N) is 1. The molecule has 9 nitrogen and oxygen atoms in total. The number of nitrogens with zero attached hydrogens (tertiary/aromatic N) is 4. The number of aromatic nitrogens is 3. The predicted octanol–water partition coefficient (Wildman–Crippen LogP) is 3.27. The van der Waals surface area contributed by atoms with Crippen LogP contribution in [0.2, 0.25) is 0 Å². The van der Waals surface area contributed by atoms with Crippen LogP contribution in [-0.4, -0.2) is 67.6 Å². The van der Waals surface area contributed by atoms with Crippen LogP contribution in [0.15, 0.2) is 24.4 Å². The molecule has 3 N–H and O–H groups in total. The van der Waals surface area contributed by atoms with Crippen molar-refractivity contribution in [3.8, 4) is 16.9 Å². The third-order valence-electron chi connectivity index (χ3n) is 6.54. The summed E-state index contributed by atoms with van der Waals surface area (Å²) in [7, 11) is 1.70. The van der Waals surface area contributed by atoms with Crippen molar-refractivity contribution in [3.05, 3.63) is 30.1 Å². The third-order valence-corrected chi connectivity index (χ3v) is 6.54. The summed E-state index contributed by atoms with van der Waals surface area (Å²) in [5.74, 6) is 2.00. The minimum atomic E-state index is 0.321. The van der Waals surface area contributed by atoms with Gasteiger partial charge in [-0.25, -0.2) is 15.0 Å². The predicted molar refractivity (Wildman–Crippen MR) is 134 cm³/mol. The van der Waals surface area contributed by atoms with Crippen LogP contribution in [0.25, 0.3) is 22.2 Å². The second-order valence-corrected chi connectivity index (χ2v) is 8.64. The SMILES string of the molecule is CCc1nc2c(N)ncc(-c3ccc(N4CCOCC4)c(OC)c3)c2nc1NC1CCOCC1. The van der Waals surface area contributed by atoms with Gasteiger partial charge in [0.1, 0.15) is 22.6 Å². The standard InChI is InChI=1S/C25H32N6O3/c1-3-19-25(28-17-6-10-33-11-7-17)30-22-18(15-27-24(26)23(22)29-19)16-4-5-20(21(14-16)32-2)31-8-12-34-13-9-31/h4-5,14-15,17H,3,6-13H2,1-2H3,(H2,26,27)(H,28,30). The summed E-state index contributed by atoms with van der Waals surface area (Å²) in [5, 5.41) is 3.61. The second-order valence-electron chi connectivity index (χ2n) is 8.64. The van der Waals surface area contributed by atoms with Crippen molar-refractivity contribution in [1.82, 2.24) is 15.0 Å². The van der Waals surface area contributed by atoms with Crippen LogP contribution in [0.1, 0.15) is 25.5 Å². The van der Waals surface area contributed by atoms with Crippen molar-refractivity contribution in [2.75, 3.05) is 62.6 Å². The number of aryl methyl sites for hydroxylation is 1. The van der Waals surface area contributed by atoms with E-state index < -0.39 is 0 Å². The van der Waals surface area contributed by atoms with Gasteiger partial charge in [0.15, 0.2) is 5.82 Å². The minimum Gasteiger partial charge on any atom is -0.495 e. The van der Waals surface area contributed by atoms with Gasteiger partial charge in [0.25, 0.3) is 0 Å². The van der Waals surface area contributed by atoms with E-state index in [1.165, 1.54) is 0 Å². The molecule has 0 bridgehead atoms. The Hall–Kier alpha value is -3.17. The molecule has 0 aliphatic carbocycles. The molecular formula is C25H32N6O3. The highest BCUT2D eigenvalue weighted by molar-refractivity contribution is 5.97. The molecule has 2 aromatic heterocycles. The number of anilines is 3. The topological polar surface area (TPSA) is 108 Å². The van der Waals surface area contributed by atoms with Crippen molar-refractivity contribution in [2.24, 2.45) is 0 Å². The number of hydrogen-bond donors (Lipinski definition) is 2. The van der Waals surface area contributed by atoms with Gasteiger partial charge in [-0.2, -0.15) is 0 Å². The van der Waals surface area contributed by atoms with Gasteiger partial charge in [-0.05, 0) is 37.0 Å². The Bertz CT molecular complexity index is 1160. The van der Waals surface area contributed by atoms with Crippen LogP contribution in [0.5, 0.6) is 5.75 Å². The lowest BCUT2D eigenvalue weighted by Crippen LogP contribution is -2.36. The number of nitrogens with one attached hydrogen (secondary N) is 1. The molecule has 4 heterocycles. The normalized spacial score (nSPS) is 17.2. The molecule has 9 heteroatoms. The van der Waals surface area contributed by atoms with Crippen LogP contribution < -0.4 is 20.7 Å². The van der Waals surface area contributed by atoms with E-state index in [2.05, 4.69) is 34.3 Å². The lowest BCUT2D eigenvalue weighted by Gasteiger charge is -2.30. The van der Waals surface area contributed by atoms with E-state index >= 15 is 0 Å². The van der Waals surface area contributed by atoms with Gasteiger partial charge in [-0.15, -0.1) is 0 Å². The summed E-state index contributed by atoms with van der Waals surface area (Å²) < 4.78 is 16.8. The molecule has 2 aliphatic heterocycles. The summed E-state index contributed by atoms with van der Waals surface area (Å²) in [6.07, 6.45) is 4.43. The van der Waals surface area contributed by atoms with Crippen molar-refractivity contribution in [1.29, 1.82) is 0 Å². The number of pyridine rings is 1. The van der Waals surface area contributed by atoms with Gasteiger partial charge >= 0.3 is 0 Å². The maximum atomic E-state index is 6.25. The largest absolute Gasteiger partial charge is 0.495 e. The number of methoxy groups -OCH3 is 1. The van der Waals surface area contributed by atoms with Crippen LogP contribution in [0.3, 0.4) is 0 Å². The fourth-order valence-electron chi connectivity index (χ4n) is 4.61. The Balaban J connectivity index is 1.57. The number of hydrogen-bond acceptors (Lipinski definition) is 9. The Kier molecular flexibility index (Phi) is 6.64. The summed E-state index contributed by atoms with van der Waals surface area (Å²) in [6, 6.07) is 6.54. The molecule has 0 atom stereocenters. The molecule has 180 valence electrons. The number of rotatable bonds is 6. The van der Waals surface area contributed by atoms with Gasteiger partial charge in [0.2, 0.25) is 0 Å². The number of nitrogen functional groups attached to an aromatic ring is 1. The molecule has 2 aliphatic rings. The molecule has 2 saturated heterocycles. The van der Waals surface area contributed by atoms with E-state index in [0.29, 0.717) is 17.4 Å². The number of fused-ring (bicyclic) bond motifs is 1. The molecule has 0 spiro atoms. The van der Waals surface area contributed by atoms with E-state index in [4.69, 9.17) is 29.9 Å². The second kappa shape index (κ2) is 9.99. The Morgan fingerprint density at radius 2 is 1.85 bits per heavy atom. The first-order valence-electron chi connectivity index (χ1n) is 12.0. The lowest BCUT2D eigenvalue weighted by molar-refractivity contribution is 0.0903. The summed E-state index contributed by atoms with van der Waals surface area (Å²) in [5.41, 5.74) is 11.4. The lowest BCUT2D eigenvalue weighted by atomic mass is 10.0. The highest BCUT2D eigenvalue weighted by Gasteiger charge is 2.21.